The maximum atomic E-state index is 13.8. The van der Waals surface area contributed by atoms with E-state index >= 15 is 0 Å². The smallest absolute Gasteiger partial charge is 0.286 e. The molecular weight excluding hydrogens is 462 g/mol. The summed E-state index contributed by atoms with van der Waals surface area (Å²) in [5.41, 5.74) is 4.20. The number of hydrazine groups is 1. The summed E-state index contributed by atoms with van der Waals surface area (Å²) < 4.78 is 15.6. The molecule has 0 atom stereocenters. The Morgan fingerprint density at radius 1 is 0.968 bits per heavy atom. The minimum absolute atomic E-state index is 0.0232. The summed E-state index contributed by atoms with van der Waals surface area (Å²) in [7, 11) is 0. The average molecular weight is 476 g/mol. The van der Waals surface area contributed by atoms with Gasteiger partial charge in [0.15, 0.2) is 5.69 Å². The number of hydrogen-bond donors (Lipinski definition) is 2. The van der Waals surface area contributed by atoms with Crippen molar-refractivity contribution in [2.75, 3.05) is 0 Å². The van der Waals surface area contributed by atoms with Crippen LogP contribution in [0.25, 0.3) is 28.3 Å². The summed E-state index contributed by atoms with van der Waals surface area (Å²) in [5.74, 6) is 4.59. The van der Waals surface area contributed by atoms with E-state index in [1.807, 2.05) is 0 Å². The molecule has 4 aromatic rings. The van der Waals surface area contributed by atoms with Crippen LogP contribution >= 0.6 is 34.8 Å². The van der Waals surface area contributed by atoms with Gasteiger partial charge in [0.1, 0.15) is 11.6 Å². The van der Waals surface area contributed by atoms with E-state index in [1.165, 1.54) is 18.2 Å². The van der Waals surface area contributed by atoms with E-state index in [2.05, 4.69) is 10.4 Å². The Kier molecular flexibility index (Phi) is 5.98. The van der Waals surface area contributed by atoms with Crippen LogP contribution in [-0.4, -0.2) is 15.5 Å². The van der Waals surface area contributed by atoms with Gasteiger partial charge in [-0.3, -0.25) is 14.8 Å². The fraction of sp³-hybridized carbons (Fsp3) is 0. The first-order chi connectivity index (χ1) is 14.9. The molecule has 0 aliphatic heterocycles. The number of imidazole rings is 1. The third-order valence-corrected chi connectivity index (χ3v) is 5.49. The van der Waals surface area contributed by atoms with Gasteiger partial charge in [-0.15, -0.1) is 0 Å². The number of amides is 1. The number of nitrogen functional groups attached to an aromatic ring is 1. The van der Waals surface area contributed by atoms with Crippen LogP contribution in [0.2, 0.25) is 15.1 Å². The molecule has 156 valence electrons. The molecule has 0 aliphatic carbocycles. The van der Waals surface area contributed by atoms with Crippen LogP contribution in [0.15, 0.2) is 66.7 Å². The van der Waals surface area contributed by atoms with Gasteiger partial charge in [-0.05, 0) is 54.6 Å². The molecule has 0 radical (unpaired) electrons. The first-order valence-electron chi connectivity index (χ1n) is 9.00. The summed E-state index contributed by atoms with van der Waals surface area (Å²) >= 11 is 18.5. The zero-order valence-corrected chi connectivity index (χ0v) is 18.0. The number of aromatic nitrogens is 2. The van der Waals surface area contributed by atoms with Crippen LogP contribution in [0.4, 0.5) is 4.39 Å². The van der Waals surface area contributed by atoms with E-state index in [4.69, 9.17) is 40.6 Å². The molecule has 0 aliphatic rings. The number of hydrogen-bond acceptors (Lipinski definition) is 3. The van der Waals surface area contributed by atoms with Gasteiger partial charge in [-0.25, -0.2) is 15.2 Å². The van der Waals surface area contributed by atoms with Gasteiger partial charge >= 0.3 is 0 Å². The van der Waals surface area contributed by atoms with E-state index in [1.54, 1.807) is 53.1 Å². The lowest BCUT2D eigenvalue weighted by molar-refractivity contribution is 0.0950. The zero-order chi connectivity index (χ0) is 22.1. The number of benzene rings is 3. The van der Waals surface area contributed by atoms with Crippen molar-refractivity contribution in [2.45, 2.75) is 0 Å². The lowest BCUT2D eigenvalue weighted by Crippen LogP contribution is -2.30. The maximum absolute atomic E-state index is 13.8. The molecule has 3 N–H and O–H groups in total. The largest absolute Gasteiger partial charge is 0.291 e. The number of nitrogens with two attached hydrogens (primary N) is 1. The van der Waals surface area contributed by atoms with E-state index in [-0.39, 0.29) is 10.7 Å². The molecule has 4 rings (SSSR count). The number of nitrogens with one attached hydrogen (secondary N) is 1. The Balaban J connectivity index is 2.12. The fourth-order valence-corrected chi connectivity index (χ4v) is 3.75. The molecule has 3 aromatic carbocycles. The first kappa shape index (κ1) is 21.3. The Labute approximate surface area is 192 Å². The van der Waals surface area contributed by atoms with E-state index in [0.717, 1.165) is 0 Å². The molecule has 1 aromatic heterocycles. The van der Waals surface area contributed by atoms with Crippen molar-refractivity contribution in [3.63, 3.8) is 0 Å². The number of rotatable bonds is 4. The van der Waals surface area contributed by atoms with Gasteiger partial charge in [0.25, 0.3) is 5.91 Å². The molecule has 0 saturated carbocycles. The normalized spacial score (nSPS) is 10.9. The van der Waals surface area contributed by atoms with Crippen LogP contribution in [0.5, 0.6) is 0 Å². The number of halogens is 4. The standard InChI is InChI=1S/C22H14Cl3FN4O/c23-13-6-8-14(9-7-13)30-20(12-5-10-18(26)17(25)11-12)19(22(31)29-27)28-21(30)15-3-1-2-4-16(15)24/h1-11H,27H2,(H,29,31). The average Bonchev–Trinajstić information content (AvgIpc) is 3.16. The van der Waals surface area contributed by atoms with Gasteiger partial charge in [-0.2, -0.15) is 0 Å². The summed E-state index contributed by atoms with van der Waals surface area (Å²) in [6, 6.07) is 18.2. The van der Waals surface area contributed by atoms with Crippen molar-refractivity contribution in [2.24, 2.45) is 5.84 Å². The van der Waals surface area contributed by atoms with Crippen LogP contribution < -0.4 is 11.3 Å². The second kappa shape index (κ2) is 8.69. The third-order valence-electron chi connectivity index (χ3n) is 4.62. The topological polar surface area (TPSA) is 72.9 Å². The SMILES string of the molecule is NNC(=O)c1nc(-c2ccccc2Cl)n(-c2ccc(Cl)cc2)c1-c1ccc(F)c(Cl)c1. The quantitative estimate of drug-likeness (QED) is 0.219. The van der Waals surface area contributed by atoms with Crippen LogP contribution in [0.1, 0.15) is 10.5 Å². The fourth-order valence-electron chi connectivity index (χ4n) is 3.22. The Morgan fingerprint density at radius 3 is 2.32 bits per heavy atom. The second-order valence-electron chi connectivity index (χ2n) is 6.53. The van der Waals surface area contributed by atoms with Crippen molar-refractivity contribution >= 4 is 40.7 Å². The van der Waals surface area contributed by atoms with Gasteiger partial charge in [-0.1, -0.05) is 46.9 Å². The molecular formula is C22H14Cl3FN4O. The molecule has 31 heavy (non-hydrogen) atoms. The predicted octanol–water partition coefficient (Wildman–Crippen LogP) is 5.91. The lowest BCUT2D eigenvalue weighted by Gasteiger charge is -2.14. The Bertz CT molecular complexity index is 1290. The summed E-state index contributed by atoms with van der Waals surface area (Å²) in [4.78, 5) is 17.2. The van der Waals surface area contributed by atoms with Crippen LogP contribution in [-0.2, 0) is 0 Å². The minimum atomic E-state index is -0.628. The minimum Gasteiger partial charge on any atom is -0.291 e. The first-order valence-corrected chi connectivity index (χ1v) is 10.1. The highest BCUT2D eigenvalue weighted by Crippen LogP contribution is 2.37. The molecule has 5 nitrogen and oxygen atoms in total. The van der Waals surface area contributed by atoms with Gasteiger partial charge in [0.05, 0.1) is 15.7 Å². The van der Waals surface area contributed by atoms with E-state index < -0.39 is 11.7 Å². The molecule has 0 saturated heterocycles. The molecule has 0 spiro atoms. The molecule has 0 unspecified atom stereocenters. The monoisotopic (exact) mass is 474 g/mol. The highest BCUT2D eigenvalue weighted by molar-refractivity contribution is 6.33. The Morgan fingerprint density at radius 2 is 1.68 bits per heavy atom. The molecule has 1 heterocycles. The third kappa shape index (κ3) is 4.03. The zero-order valence-electron chi connectivity index (χ0n) is 15.7. The summed E-state index contributed by atoms with van der Waals surface area (Å²) in [5, 5.41) is 0.875. The molecule has 0 bridgehead atoms. The van der Waals surface area contributed by atoms with Gasteiger partial charge in [0.2, 0.25) is 0 Å². The van der Waals surface area contributed by atoms with E-state index in [9.17, 15) is 9.18 Å². The van der Waals surface area contributed by atoms with E-state index in [0.29, 0.717) is 38.4 Å². The Hall–Kier alpha value is -2.90. The van der Waals surface area contributed by atoms with Crippen LogP contribution in [0, 0.1) is 5.82 Å². The van der Waals surface area contributed by atoms with Crippen molar-refractivity contribution in [3.8, 4) is 28.3 Å². The van der Waals surface area contributed by atoms with Gasteiger partial charge in [0, 0.05) is 21.8 Å². The number of carbonyl (C=O) groups is 1. The van der Waals surface area contributed by atoms with Crippen molar-refractivity contribution in [3.05, 3.63) is 93.3 Å². The predicted molar refractivity (Wildman–Crippen MR) is 121 cm³/mol. The summed E-state index contributed by atoms with van der Waals surface area (Å²) in [6.45, 7) is 0. The molecule has 0 fully saturated rings. The highest BCUT2D eigenvalue weighted by atomic mass is 35.5. The second-order valence-corrected chi connectivity index (χ2v) is 7.78. The molecule has 1 amide bonds. The highest BCUT2D eigenvalue weighted by Gasteiger charge is 2.26. The van der Waals surface area contributed by atoms with Crippen molar-refractivity contribution in [1.29, 1.82) is 0 Å². The van der Waals surface area contributed by atoms with Crippen molar-refractivity contribution in [1.82, 2.24) is 15.0 Å². The van der Waals surface area contributed by atoms with Crippen LogP contribution in [0.3, 0.4) is 0 Å². The number of nitrogens with zero attached hydrogens (tertiary/aromatic N) is 2. The van der Waals surface area contributed by atoms with Gasteiger partial charge < -0.3 is 0 Å². The summed E-state index contributed by atoms with van der Waals surface area (Å²) in [6.07, 6.45) is 0. The lowest BCUT2D eigenvalue weighted by atomic mass is 10.1. The number of carbonyl (C=O) groups excluding carboxylic acids is 1. The van der Waals surface area contributed by atoms with Crippen molar-refractivity contribution < 1.29 is 9.18 Å². The molecule has 9 heteroatoms. The maximum Gasteiger partial charge on any atom is 0.286 e.